The zero-order valence-electron chi connectivity index (χ0n) is 9.70. The number of hydrogen-bond acceptors (Lipinski definition) is 1. The van der Waals surface area contributed by atoms with Crippen LogP contribution in [0, 0.1) is 11.7 Å². The molecule has 1 heterocycles. The molecule has 17 heavy (non-hydrogen) atoms. The third-order valence-corrected chi connectivity index (χ3v) is 3.26. The molecule has 1 aromatic carbocycles. The van der Waals surface area contributed by atoms with Crippen molar-refractivity contribution in [1.82, 2.24) is 4.90 Å². The predicted molar refractivity (Wildman–Crippen MR) is 61.0 cm³/mol. The molecule has 1 aromatic rings. The van der Waals surface area contributed by atoms with E-state index in [4.69, 9.17) is 0 Å². The maximum absolute atomic E-state index is 13.5. The van der Waals surface area contributed by atoms with Gasteiger partial charge in [-0.05, 0) is 30.7 Å². The van der Waals surface area contributed by atoms with Crippen LogP contribution in [0.15, 0.2) is 24.3 Å². The van der Waals surface area contributed by atoms with Crippen LogP contribution in [0.1, 0.15) is 23.7 Å². The summed E-state index contributed by atoms with van der Waals surface area (Å²) in [5.41, 5.74) is 0.412. The summed E-state index contributed by atoms with van der Waals surface area (Å²) in [5, 5.41) is 0. The van der Waals surface area contributed by atoms with Crippen molar-refractivity contribution in [2.75, 3.05) is 13.1 Å². The van der Waals surface area contributed by atoms with Gasteiger partial charge in [0.15, 0.2) is 0 Å². The van der Waals surface area contributed by atoms with Crippen molar-refractivity contribution in [3.8, 4) is 0 Å². The molecular weight excluding hydrogens is 224 g/mol. The molecule has 0 spiro atoms. The Morgan fingerprint density at radius 1 is 1.35 bits per heavy atom. The minimum atomic E-state index is -0.940. The molecule has 0 aromatic heterocycles. The van der Waals surface area contributed by atoms with E-state index in [-0.39, 0.29) is 24.2 Å². The molecule has 0 aliphatic carbocycles. The minimum absolute atomic E-state index is 0.0700. The van der Waals surface area contributed by atoms with Crippen molar-refractivity contribution >= 4 is 5.91 Å². The maximum atomic E-state index is 13.5. The fourth-order valence-electron chi connectivity index (χ4n) is 2.16. The van der Waals surface area contributed by atoms with Crippen LogP contribution in [0.5, 0.6) is 0 Å². The van der Waals surface area contributed by atoms with Gasteiger partial charge in [0.2, 0.25) is 0 Å². The summed E-state index contributed by atoms with van der Waals surface area (Å²) in [5.74, 6) is -0.666. The first-order valence-electron chi connectivity index (χ1n) is 5.80. The van der Waals surface area contributed by atoms with Crippen molar-refractivity contribution in [3.05, 3.63) is 35.6 Å². The van der Waals surface area contributed by atoms with Crippen LogP contribution in [0.4, 0.5) is 8.78 Å². The van der Waals surface area contributed by atoms with E-state index in [0.29, 0.717) is 12.1 Å². The number of nitrogens with zero attached hydrogens (tertiary/aromatic N) is 1. The van der Waals surface area contributed by atoms with Crippen LogP contribution >= 0.6 is 0 Å². The Labute approximate surface area is 99.2 Å². The third-order valence-electron chi connectivity index (χ3n) is 3.26. The lowest BCUT2D eigenvalue weighted by Gasteiger charge is -2.15. The molecular formula is C13H15F2NO. The number of halogens is 2. The molecule has 2 rings (SSSR count). The highest BCUT2D eigenvalue weighted by molar-refractivity contribution is 5.94. The largest absolute Gasteiger partial charge is 0.335 e. The van der Waals surface area contributed by atoms with Crippen molar-refractivity contribution in [2.24, 2.45) is 5.92 Å². The van der Waals surface area contributed by atoms with Crippen molar-refractivity contribution in [1.29, 1.82) is 0 Å². The second kappa shape index (κ2) is 4.82. The van der Waals surface area contributed by atoms with Crippen LogP contribution in [-0.4, -0.2) is 30.1 Å². The van der Waals surface area contributed by atoms with Gasteiger partial charge >= 0.3 is 0 Å². The van der Waals surface area contributed by atoms with E-state index in [2.05, 4.69) is 0 Å². The molecule has 2 atom stereocenters. The third kappa shape index (κ3) is 2.46. The number of amides is 1. The molecule has 4 heteroatoms. The van der Waals surface area contributed by atoms with Crippen LogP contribution in [0.3, 0.4) is 0 Å². The molecule has 1 saturated heterocycles. The fourth-order valence-corrected chi connectivity index (χ4v) is 2.16. The van der Waals surface area contributed by atoms with Crippen LogP contribution in [0.25, 0.3) is 0 Å². The van der Waals surface area contributed by atoms with E-state index in [1.807, 2.05) is 6.92 Å². The van der Waals surface area contributed by atoms with Gasteiger partial charge in [-0.2, -0.15) is 0 Å². The average Bonchev–Trinajstić information content (AvgIpc) is 2.70. The van der Waals surface area contributed by atoms with Crippen molar-refractivity contribution in [2.45, 2.75) is 19.5 Å². The SMILES string of the molecule is CCC1CN(C(=O)c2ccc(F)cc2)CC1F. The van der Waals surface area contributed by atoms with E-state index < -0.39 is 6.17 Å². The lowest BCUT2D eigenvalue weighted by atomic mass is 10.1. The first-order valence-corrected chi connectivity index (χ1v) is 5.80. The molecule has 1 aliphatic rings. The summed E-state index contributed by atoms with van der Waals surface area (Å²) in [6.07, 6.45) is -0.210. The Hall–Kier alpha value is -1.45. The van der Waals surface area contributed by atoms with Gasteiger partial charge in [-0.1, -0.05) is 6.92 Å². The van der Waals surface area contributed by atoms with Gasteiger partial charge in [0.05, 0.1) is 6.54 Å². The molecule has 0 N–H and O–H groups in total. The van der Waals surface area contributed by atoms with Crippen molar-refractivity contribution in [3.63, 3.8) is 0 Å². The number of likely N-dealkylation sites (tertiary alicyclic amines) is 1. The summed E-state index contributed by atoms with van der Waals surface area (Å²) < 4.78 is 26.2. The Balaban J connectivity index is 2.09. The van der Waals surface area contributed by atoms with Gasteiger partial charge in [-0.3, -0.25) is 4.79 Å². The zero-order valence-corrected chi connectivity index (χ0v) is 9.70. The number of hydrogen-bond donors (Lipinski definition) is 0. The summed E-state index contributed by atoms with van der Waals surface area (Å²) in [6, 6.07) is 5.36. The van der Waals surface area contributed by atoms with E-state index >= 15 is 0 Å². The quantitative estimate of drug-likeness (QED) is 0.777. The molecule has 92 valence electrons. The second-order valence-electron chi connectivity index (χ2n) is 4.40. The number of carbonyl (C=O) groups excluding carboxylic acids is 1. The summed E-state index contributed by atoms with van der Waals surface area (Å²) in [4.78, 5) is 13.5. The predicted octanol–water partition coefficient (Wildman–Crippen LogP) is 2.65. The molecule has 1 aliphatic heterocycles. The Morgan fingerprint density at radius 2 is 2.00 bits per heavy atom. The Morgan fingerprint density at radius 3 is 2.53 bits per heavy atom. The minimum Gasteiger partial charge on any atom is -0.335 e. The van der Waals surface area contributed by atoms with Crippen LogP contribution in [-0.2, 0) is 0 Å². The zero-order chi connectivity index (χ0) is 12.4. The number of alkyl halides is 1. The van der Waals surface area contributed by atoms with Gasteiger partial charge in [0.25, 0.3) is 5.91 Å². The van der Waals surface area contributed by atoms with Gasteiger partial charge in [-0.25, -0.2) is 8.78 Å². The van der Waals surface area contributed by atoms with E-state index in [0.717, 1.165) is 6.42 Å². The molecule has 0 radical (unpaired) electrons. The van der Waals surface area contributed by atoms with E-state index in [1.54, 1.807) is 0 Å². The van der Waals surface area contributed by atoms with Gasteiger partial charge in [0.1, 0.15) is 12.0 Å². The van der Waals surface area contributed by atoms with Gasteiger partial charge < -0.3 is 4.90 Å². The topological polar surface area (TPSA) is 20.3 Å². The molecule has 2 unspecified atom stereocenters. The lowest BCUT2D eigenvalue weighted by Crippen LogP contribution is -2.29. The van der Waals surface area contributed by atoms with E-state index in [9.17, 15) is 13.6 Å². The highest BCUT2D eigenvalue weighted by atomic mass is 19.1. The first-order chi connectivity index (χ1) is 8.11. The van der Waals surface area contributed by atoms with Gasteiger partial charge in [-0.15, -0.1) is 0 Å². The average molecular weight is 239 g/mol. The normalized spacial score (nSPS) is 24.1. The Kier molecular flexibility index (Phi) is 3.41. The fraction of sp³-hybridized carbons (Fsp3) is 0.462. The van der Waals surface area contributed by atoms with E-state index in [1.165, 1.54) is 29.2 Å². The molecule has 2 nitrogen and oxygen atoms in total. The number of carbonyl (C=O) groups is 1. The highest BCUT2D eigenvalue weighted by Gasteiger charge is 2.34. The number of benzene rings is 1. The van der Waals surface area contributed by atoms with Crippen molar-refractivity contribution < 1.29 is 13.6 Å². The first kappa shape index (κ1) is 12.0. The highest BCUT2D eigenvalue weighted by Crippen LogP contribution is 2.24. The number of rotatable bonds is 2. The molecule has 0 bridgehead atoms. The summed E-state index contributed by atoms with van der Waals surface area (Å²) in [7, 11) is 0. The second-order valence-corrected chi connectivity index (χ2v) is 4.40. The Bertz CT molecular complexity index is 404. The maximum Gasteiger partial charge on any atom is 0.253 e. The van der Waals surface area contributed by atoms with Crippen LogP contribution in [0.2, 0.25) is 0 Å². The van der Waals surface area contributed by atoms with Gasteiger partial charge in [0, 0.05) is 18.0 Å². The summed E-state index contributed by atoms with van der Waals surface area (Å²) >= 11 is 0. The molecule has 1 amide bonds. The monoisotopic (exact) mass is 239 g/mol. The molecule has 0 saturated carbocycles. The summed E-state index contributed by atoms with van der Waals surface area (Å²) in [6.45, 7) is 2.52. The van der Waals surface area contributed by atoms with Crippen LogP contribution < -0.4 is 0 Å². The molecule has 1 fully saturated rings. The lowest BCUT2D eigenvalue weighted by molar-refractivity contribution is 0.0780. The standard InChI is InChI=1S/C13H15F2NO/c1-2-9-7-16(8-12(9)15)13(17)10-3-5-11(14)6-4-10/h3-6,9,12H,2,7-8H2,1H3. The smallest absolute Gasteiger partial charge is 0.253 e.